The van der Waals surface area contributed by atoms with Crippen LogP contribution in [0, 0.1) is 30.1 Å². The minimum Gasteiger partial charge on any atom is -0.467 e. The maximum atomic E-state index is 12.8. The third-order valence-corrected chi connectivity index (χ3v) is 6.10. The number of hydrogen-bond acceptors (Lipinski definition) is 3. The highest BCUT2D eigenvalue weighted by Gasteiger charge is 2.57. The number of benzene rings is 1. The molecule has 2 amide bonds. The summed E-state index contributed by atoms with van der Waals surface area (Å²) in [6.45, 7) is 3.66. The van der Waals surface area contributed by atoms with Crippen LogP contribution in [-0.4, -0.2) is 23.1 Å². The number of rotatable bonds is 2. The normalized spacial score (nSPS) is 32.2. The van der Waals surface area contributed by atoms with Gasteiger partial charge in [0.2, 0.25) is 5.91 Å². The first-order valence-electron chi connectivity index (χ1n) is 9.24. The van der Waals surface area contributed by atoms with Gasteiger partial charge in [-0.1, -0.05) is 18.1 Å². The van der Waals surface area contributed by atoms with Crippen molar-refractivity contribution in [1.29, 1.82) is 0 Å². The van der Waals surface area contributed by atoms with Crippen LogP contribution in [0.25, 0.3) is 0 Å². The number of carbonyl (C=O) groups is 2. The van der Waals surface area contributed by atoms with Crippen LogP contribution >= 0.6 is 0 Å². The molecule has 1 aromatic rings. The first kappa shape index (κ1) is 17.0. The summed E-state index contributed by atoms with van der Waals surface area (Å²) in [6.07, 6.45) is 8.79. The molecule has 0 saturated heterocycles. The molecule has 5 rings (SSSR count). The van der Waals surface area contributed by atoms with Gasteiger partial charge < -0.3 is 15.4 Å². The lowest BCUT2D eigenvalue weighted by Crippen LogP contribution is -2.67. The quantitative estimate of drug-likeness (QED) is 0.804. The fourth-order valence-corrected chi connectivity index (χ4v) is 4.72. The fraction of sp³-hybridized carbons (Fsp3) is 0.524. The fourth-order valence-electron chi connectivity index (χ4n) is 4.72. The lowest BCUT2D eigenvalue weighted by molar-refractivity contribution is -0.147. The standard InChI is InChI=1S/C21H24N2O3/c1-4-20(2,3)22-19(25)16-11-14-10-9-13(16)12-21(14)23-18(24)15-7-5-6-8-17(15)26-21/h1,5-8,13-14,16H,9-12H2,2-3H3,(H,22,25)(H,23,24)/t13-,14-,16+,21+/m1/s1. The van der Waals surface area contributed by atoms with E-state index in [2.05, 4.69) is 16.6 Å². The van der Waals surface area contributed by atoms with Crippen LogP contribution in [0.15, 0.2) is 24.3 Å². The van der Waals surface area contributed by atoms with E-state index in [0.29, 0.717) is 24.2 Å². The van der Waals surface area contributed by atoms with E-state index < -0.39 is 11.3 Å². The van der Waals surface area contributed by atoms with Crippen molar-refractivity contribution < 1.29 is 14.3 Å². The summed E-state index contributed by atoms with van der Waals surface area (Å²) >= 11 is 0. The number of carbonyl (C=O) groups excluding carboxylic acids is 2. The van der Waals surface area contributed by atoms with Crippen LogP contribution in [0.2, 0.25) is 0 Å². The minimum atomic E-state index is -0.688. The SMILES string of the molecule is C#CC(C)(C)NC(=O)[C@H]1C[C@H]2CC[C@@H]1C[C@@]21NC(=O)c2ccccc2O1. The molecule has 3 fully saturated rings. The molecular weight excluding hydrogens is 328 g/mol. The van der Waals surface area contributed by atoms with Crippen LogP contribution in [0.4, 0.5) is 0 Å². The lowest BCUT2D eigenvalue weighted by Gasteiger charge is -2.55. The van der Waals surface area contributed by atoms with Crippen molar-refractivity contribution in [1.82, 2.24) is 10.6 Å². The van der Waals surface area contributed by atoms with Crippen molar-refractivity contribution in [3.63, 3.8) is 0 Å². The molecule has 1 aromatic carbocycles. The first-order chi connectivity index (χ1) is 12.3. The monoisotopic (exact) mass is 352 g/mol. The Bertz CT molecular complexity index is 810. The molecule has 2 bridgehead atoms. The summed E-state index contributed by atoms with van der Waals surface area (Å²) in [5.41, 5.74) is -0.767. The number of ether oxygens (including phenoxy) is 1. The van der Waals surface area contributed by atoms with Crippen molar-refractivity contribution in [2.24, 2.45) is 17.8 Å². The number of fused-ring (bicyclic) bond motifs is 3. The molecule has 0 unspecified atom stereocenters. The summed E-state index contributed by atoms with van der Waals surface area (Å²) < 4.78 is 6.32. The molecule has 26 heavy (non-hydrogen) atoms. The van der Waals surface area contributed by atoms with Gasteiger partial charge in [-0.3, -0.25) is 9.59 Å². The van der Waals surface area contributed by atoms with Gasteiger partial charge in [0.1, 0.15) is 5.75 Å². The molecule has 1 spiro atoms. The highest BCUT2D eigenvalue weighted by molar-refractivity contribution is 5.98. The van der Waals surface area contributed by atoms with Crippen LogP contribution in [0.1, 0.15) is 49.9 Å². The molecule has 0 radical (unpaired) electrons. The number of hydrogen-bond donors (Lipinski definition) is 2. The number of para-hydroxylation sites is 1. The first-order valence-corrected chi connectivity index (χ1v) is 9.24. The van der Waals surface area contributed by atoms with Crippen LogP contribution in [-0.2, 0) is 4.79 Å². The van der Waals surface area contributed by atoms with Gasteiger partial charge in [0, 0.05) is 18.3 Å². The molecule has 1 heterocycles. The maximum Gasteiger partial charge on any atom is 0.258 e. The van der Waals surface area contributed by atoms with E-state index in [0.717, 1.165) is 12.8 Å². The molecule has 3 saturated carbocycles. The van der Waals surface area contributed by atoms with Crippen molar-refractivity contribution in [3.8, 4) is 18.1 Å². The Morgan fingerprint density at radius 3 is 2.85 bits per heavy atom. The minimum absolute atomic E-state index is 0.0139. The molecule has 3 aliphatic carbocycles. The summed E-state index contributed by atoms with van der Waals surface area (Å²) in [6, 6.07) is 7.33. The van der Waals surface area contributed by atoms with Gasteiger partial charge in [-0.25, -0.2) is 0 Å². The highest BCUT2D eigenvalue weighted by Crippen LogP contribution is 2.52. The number of nitrogens with one attached hydrogen (secondary N) is 2. The van der Waals surface area contributed by atoms with Gasteiger partial charge >= 0.3 is 0 Å². The van der Waals surface area contributed by atoms with E-state index >= 15 is 0 Å². The summed E-state index contributed by atoms with van der Waals surface area (Å²) in [7, 11) is 0. The highest BCUT2D eigenvalue weighted by atomic mass is 16.5. The second kappa shape index (κ2) is 5.77. The van der Waals surface area contributed by atoms with Crippen molar-refractivity contribution in [2.45, 2.75) is 50.8 Å². The Kier molecular flexibility index (Phi) is 3.76. The summed E-state index contributed by atoms with van der Waals surface area (Å²) in [5, 5.41) is 6.09. The average molecular weight is 352 g/mol. The van der Waals surface area contributed by atoms with Gasteiger partial charge in [-0.05, 0) is 51.2 Å². The van der Waals surface area contributed by atoms with Crippen molar-refractivity contribution in [3.05, 3.63) is 29.8 Å². The van der Waals surface area contributed by atoms with Crippen LogP contribution in [0.5, 0.6) is 5.75 Å². The third kappa shape index (κ3) is 2.65. The molecular formula is C21H24N2O3. The van der Waals surface area contributed by atoms with E-state index in [-0.39, 0.29) is 29.6 Å². The zero-order chi connectivity index (χ0) is 18.5. The molecule has 5 nitrogen and oxygen atoms in total. The average Bonchev–Trinajstić information content (AvgIpc) is 2.61. The van der Waals surface area contributed by atoms with E-state index in [1.807, 2.05) is 32.0 Å². The van der Waals surface area contributed by atoms with Gasteiger partial charge in [-0.15, -0.1) is 6.42 Å². The summed E-state index contributed by atoms with van der Waals surface area (Å²) in [4.78, 5) is 25.3. The van der Waals surface area contributed by atoms with Crippen molar-refractivity contribution in [2.75, 3.05) is 0 Å². The molecule has 4 atom stereocenters. The van der Waals surface area contributed by atoms with Crippen LogP contribution in [0.3, 0.4) is 0 Å². The maximum absolute atomic E-state index is 12.8. The topological polar surface area (TPSA) is 67.4 Å². The van der Waals surface area contributed by atoms with E-state index in [1.165, 1.54) is 0 Å². The zero-order valence-electron chi connectivity index (χ0n) is 15.2. The Hall–Kier alpha value is -2.48. The molecule has 2 N–H and O–H groups in total. The van der Waals surface area contributed by atoms with Crippen LogP contribution < -0.4 is 15.4 Å². The largest absolute Gasteiger partial charge is 0.467 e. The number of amides is 2. The number of terminal acetylenes is 1. The molecule has 5 heteroatoms. The van der Waals surface area contributed by atoms with Gasteiger partial charge in [0.15, 0.2) is 5.72 Å². The Labute approximate surface area is 153 Å². The zero-order valence-corrected chi connectivity index (χ0v) is 15.2. The van der Waals surface area contributed by atoms with E-state index in [4.69, 9.17) is 11.2 Å². The predicted octanol–water partition coefficient (Wildman–Crippen LogP) is 2.47. The van der Waals surface area contributed by atoms with Crippen molar-refractivity contribution >= 4 is 11.8 Å². The third-order valence-electron chi connectivity index (χ3n) is 6.10. The van der Waals surface area contributed by atoms with Gasteiger partial charge in [-0.2, -0.15) is 0 Å². The smallest absolute Gasteiger partial charge is 0.258 e. The Morgan fingerprint density at radius 1 is 1.38 bits per heavy atom. The van der Waals surface area contributed by atoms with Gasteiger partial charge in [0.05, 0.1) is 11.1 Å². The molecule has 0 aromatic heterocycles. The predicted molar refractivity (Wildman–Crippen MR) is 97.3 cm³/mol. The Morgan fingerprint density at radius 2 is 2.15 bits per heavy atom. The lowest BCUT2D eigenvalue weighted by atomic mass is 9.59. The van der Waals surface area contributed by atoms with E-state index in [9.17, 15) is 9.59 Å². The Balaban J connectivity index is 1.56. The molecule has 1 aliphatic heterocycles. The molecule has 136 valence electrons. The van der Waals surface area contributed by atoms with Gasteiger partial charge in [0.25, 0.3) is 5.91 Å². The summed E-state index contributed by atoms with van der Waals surface area (Å²) in [5.74, 6) is 3.40. The second-order valence-corrected chi connectivity index (χ2v) is 8.28. The van der Waals surface area contributed by atoms with E-state index in [1.54, 1.807) is 6.07 Å². The second-order valence-electron chi connectivity index (χ2n) is 8.28. The molecule has 4 aliphatic rings.